The number of aliphatic imine (C=N–C) groups is 1. The third-order valence-electron chi connectivity index (χ3n) is 4.52. The van der Waals surface area contributed by atoms with Gasteiger partial charge in [0.2, 0.25) is 0 Å². The molecule has 130 valence electrons. The fourth-order valence-electron chi connectivity index (χ4n) is 3.10. The van der Waals surface area contributed by atoms with Crippen LogP contribution in [0.3, 0.4) is 0 Å². The molecule has 2 aromatic rings. The topological polar surface area (TPSA) is 53.5 Å². The summed E-state index contributed by atoms with van der Waals surface area (Å²) in [5.74, 6) is -0.321. The summed E-state index contributed by atoms with van der Waals surface area (Å²) < 4.78 is 0. The van der Waals surface area contributed by atoms with Crippen LogP contribution < -0.4 is 4.90 Å². The maximum atomic E-state index is 9.36. The Labute approximate surface area is 157 Å². The van der Waals surface area contributed by atoms with Crippen molar-refractivity contribution in [3.05, 3.63) is 50.9 Å². The van der Waals surface area contributed by atoms with Gasteiger partial charge >= 0.3 is 0 Å². The lowest BCUT2D eigenvalue weighted by atomic mass is 10.0. The number of halogens is 1. The second-order valence-corrected chi connectivity index (χ2v) is 7.84. The number of nitrogens with zero attached hydrogens (tertiary/aromatic N) is 3. The summed E-state index contributed by atoms with van der Waals surface area (Å²) in [5.41, 5.74) is 2.29. The molecule has 6 heteroatoms. The number of hydrogen-bond acceptors (Lipinski definition) is 4. The number of nitriles is 1. The number of aromatic nitrogens is 1. The Morgan fingerprint density at radius 3 is 2.72 bits per heavy atom. The number of aryl methyl sites for hydroxylation is 1. The molecule has 3 rings (SSSR count). The molecule has 0 saturated carbocycles. The average molecular weight is 374 g/mol. The SMILES string of the molecule is Cc1csc([C@H](C#N)C=NC2CC[NH+](Cc3ccc(Cl)cc3)CC2)n1. The van der Waals surface area contributed by atoms with E-state index in [1.807, 2.05) is 24.4 Å². The van der Waals surface area contributed by atoms with Crippen LogP contribution in [0, 0.1) is 18.3 Å². The van der Waals surface area contributed by atoms with Gasteiger partial charge in [0.05, 0.1) is 25.2 Å². The van der Waals surface area contributed by atoms with Gasteiger partial charge in [0.15, 0.2) is 0 Å². The van der Waals surface area contributed by atoms with Crippen LogP contribution in [0.1, 0.15) is 35.0 Å². The molecule has 1 aromatic carbocycles. The van der Waals surface area contributed by atoms with E-state index in [4.69, 9.17) is 11.6 Å². The van der Waals surface area contributed by atoms with Crippen molar-refractivity contribution in [1.29, 1.82) is 5.26 Å². The zero-order valence-corrected chi connectivity index (χ0v) is 15.9. The number of quaternary nitrogens is 1. The van der Waals surface area contributed by atoms with Gasteiger partial charge in [-0.25, -0.2) is 4.98 Å². The highest BCUT2D eigenvalue weighted by Crippen LogP contribution is 2.19. The first kappa shape index (κ1) is 18.1. The van der Waals surface area contributed by atoms with Crippen molar-refractivity contribution in [2.24, 2.45) is 4.99 Å². The molecule has 0 unspecified atom stereocenters. The van der Waals surface area contributed by atoms with Gasteiger partial charge in [0.1, 0.15) is 17.5 Å². The monoisotopic (exact) mass is 373 g/mol. The smallest absolute Gasteiger partial charge is 0.133 e. The molecule has 0 radical (unpaired) electrons. The van der Waals surface area contributed by atoms with Crippen molar-refractivity contribution in [3.63, 3.8) is 0 Å². The zero-order valence-electron chi connectivity index (χ0n) is 14.3. The predicted octanol–water partition coefficient (Wildman–Crippen LogP) is 3.03. The molecule has 1 aliphatic heterocycles. The van der Waals surface area contributed by atoms with Gasteiger partial charge in [-0.2, -0.15) is 5.26 Å². The summed E-state index contributed by atoms with van der Waals surface area (Å²) in [5, 5.41) is 13.0. The van der Waals surface area contributed by atoms with E-state index < -0.39 is 0 Å². The van der Waals surface area contributed by atoms with Crippen molar-refractivity contribution in [1.82, 2.24) is 4.98 Å². The number of nitrogens with one attached hydrogen (secondary N) is 1. The number of likely N-dealkylation sites (tertiary alicyclic amines) is 1. The quantitative estimate of drug-likeness (QED) is 0.819. The minimum atomic E-state index is -0.321. The second kappa shape index (κ2) is 8.57. The van der Waals surface area contributed by atoms with Crippen LogP contribution >= 0.6 is 22.9 Å². The largest absolute Gasteiger partial charge is 0.331 e. The van der Waals surface area contributed by atoms with Gasteiger partial charge in [0.25, 0.3) is 0 Å². The van der Waals surface area contributed by atoms with Crippen LogP contribution in [0.5, 0.6) is 0 Å². The summed E-state index contributed by atoms with van der Waals surface area (Å²) in [6.45, 7) is 5.20. The molecule has 1 fully saturated rings. The Balaban J connectivity index is 1.50. The molecular weight excluding hydrogens is 352 g/mol. The van der Waals surface area contributed by atoms with Crippen molar-refractivity contribution in [2.45, 2.75) is 38.3 Å². The van der Waals surface area contributed by atoms with Crippen molar-refractivity contribution >= 4 is 29.2 Å². The number of piperidine rings is 1. The first-order valence-corrected chi connectivity index (χ1v) is 9.83. The maximum absolute atomic E-state index is 9.36. The molecular formula is C19H22ClN4S+. The van der Waals surface area contributed by atoms with E-state index in [9.17, 15) is 5.26 Å². The van der Waals surface area contributed by atoms with Gasteiger partial charge in [-0.15, -0.1) is 11.3 Å². The molecule has 25 heavy (non-hydrogen) atoms. The van der Waals surface area contributed by atoms with Crippen LogP contribution in [-0.4, -0.2) is 30.3 Å². The average Bonchev–Trinajstić information content (AvgIpc) is 3.05. The summed E-state index contributed by atoms with van der Waals surface area (Å²) in [7, 11) is 0. The predicted molar refractivity (Wildman–Crippen MR) is 103 cm³/mol. The summed E-state index contributed by atoms with van der Waals surface area (Å²) in [4.78, 5) is 10.7. The van der Waals surface area contributed by atoms with E-state index in [1.165, 1.54) is 16.9 Å². The number of thiazole rings is 1. The van der Waals surface area contributed by atoms with Crippen molar-refractivity contribution in [2.75, 3.05) is 13.1 Å². The zero-order chi connectivity index (χ0) is 17.6. The lowest BCUT2D eigenvalue weighted by molar-refractivity contribution is -0.918. The second-order valence-electron chi connectivity index (χ2n) is 6.52. The molecule has 1 saturated heterocycles. The van der Waals surface area contributed by atoms with Crippen molar-refractivity contribution in [3.8, 4) is 6.07 Å². The van der Waals surface area contributed by atoms with Gasteiger partial charge in [-0.05, 0) is 19.1 Å². The molecule has 2 heterocycles. The van der Waals surface area contributed by atoms with Crippen molar-refractivity contribution < 1.29 is 4.90 Å². The molecule has 1 N–H and O–H groups in total. The maximum Gasteiger partial charge on any atom is 0.133 e. The normalized spacial score (nSPS) is 22.0. The van der Waals surface area contributed by atoms with Crippen LogP contribution in [0.15, 0.2) is 34.6 Å². The van der Waals surface area contributed by atoms with Crippen LogP contribution in [0.4, 0.5) is 0 Å². The molecule has 1 atom stereocenters. The van der Waals surface area contributed by atoms with Gasteiger partial charge < -0.3 is 4.90 Å². The standard InChI is InChI=1S/C19H21ClN4S/c1-14-13-25-19(23-14)16(10-21)11-22-18-6-8-24(9-7-18)12-15-2-4-17(20)5-3-15/h2-5,11,13,16,18H,6-9,12H2,1H3/p+1/t16-/m1/s1. The fraction of sp³-hybridized carbons (Fsp3) is 0.421. The third-order valence-corrected chi connectivity index (χ3v) is 5.82. The Morgan fingerprint density at radius 2 is 2.12 bits per heavy atom. The number of hydrogen-bond donors (Lipinski definition) is 1. The number of rotatable bonds is 5. The number of benzene rings is 1. The highest BCUT2D eigenvalue weighted by Gasteiger charge is 2.22. The van der Waals surface area contributed by atoms with Gasteiger partial charge in [-0.1, -0.05) is 23.7 Å². The summed E-state index contributed by atoms with van der Waals surface area (Å²) >= 11 is 7.48. The first-order chi connectivity index (χ1) is 12.1. The molecule has 0 spiro atoms. The minimum Gasteiger partial charge on any atom is -0.331 e. The van der Waals surface area contributed by atoms with E-state index in [0.717, 1.165) is 48.2 Å². The van der Waals surface area contributed by atoms with E-state index in [2.05, 4.69) is 28.2 Å². The third kappa shape index (κ3) is 5.12. The molecule has 0 bridgehead atoms. The summed E-state index contributed by atoms with van der Waals surface area (Å²) in [6.07, 6.45) is 3.93. The fourth-order valence-corrected chi connectivity index (χ4v) is 4.03. The minimum absolute atomic E-state index is 0.321. The molecule has 0 amide bonds. The van der Waals surface area contributed by atoms with Crippen LogP contribution in [0.25, 0.3) is 0 Å². The molecule has 1 aromatic heterocycles. The molecule has 0 aliphatic carbocycles. The Bertz CT molecular complexity index is 754. The lowest BCUT2D eigenvalue weighted by Gasteiger charge is -2.27. The van der Waals surface area contributed by atoms with Crippen LogP contribution in [0.2, 0.25) is 5.02 Å². The van der Waals surface area contributed by atoms with Crippen LogP contribution in [-0.2, 0) is 6.54 Å². The highest BCUT2D eigenvalue weighted by atomic mass is 35.5. The van der Waals surface area contributed by atoms with E-state index in [0.29, 0.717) is 6.04 Å². The van der Waals surface area contributed by atoms with Gasteiger partial charge in [-0.3, -0.25) is 4.99 Å². The van der Waals surface area contributed by atoms with E-state index in [-0.39, 0.29) is 5.92 Å². The van der Waals surface area contributed by atoms with E-state index >= 15 is 0 Å². The highest BCUT2D eigenvalue weighted by molar-refractivity contribution is 7.09. The Morgan fingerprint density at radius 1 is 1.40 bits per heavy atom. The van der Waals surface area contributed by atoms with Gasteiger partial charge in [0, 0.05) is 40.7 Å². The van der Waals surface area contributed by atoms with E-state index in [1.54, 1.807) is 11.1 Å². The molecule has 1 aliphatic rings. The Kier molecular flexibility index (Phi) is 6.19. The first-order valence-electron chi connectivity index (χ1n) is 8.57. The lowest BCUT2D eigenvalue weighted by Crippen LogP contribution is -3.12. The molecule has 4 nitrogen and oxygen atoms in total. The Hall–Kier alpha value is -1.74. The summed E-state index contributed by atoms with van der Waals surface area (Å²) in [6, 6.07) is 10.7.